The highest BCUT2D eigenvalue weighted by Crippen LogP contribution is 2.17. The van der Waals surface area contributed by atoms with Crippen molar-refractivity contribution in [3.8, 4) is 0 Å². The number of carbonyl (C=O) groups is 2. The number of hydrazine groups is 1. The monoisotopic (exact) mass is 260 g/mol. The molecule has 0 atom stereocenters. The van der Waals surface area contributed by atoms with E-state index in [1.54, 1.807) is 35.9 Å². The van der Waals surface area contributed by atoms with Crippen molar-refractivity contribution in [2.45, 2.75) is 13.8 Å². The van der Waals surface area contributed by atoms with Gasteiger partial charge in [0.25, 0.3) is 0 Å². The predicted octanol–water partition coefficient (Wildman–Crippen LogP) is 0.919. The van der Waals surface area contributed by atoms with E-state index < -0.39 is 0 Å². The summed E-state index contributed by atoms with van der Waals surface area (Å²) in [6.45, 7) is 5.76. The molecule has 1 aliphatic rings. The third-order valence-electron chi connectivity index (χ3n) is 3.23. The number of hydrogen-bond acceptors (Lipinski definition) is 3. The van der Waals surface area contributed by atoms with Gasteiger partial charge in [-0.1, -0.05) is 12.1 Å². The summed E-state index contributed by atoms with van der Waals surface area (Å²) in [6.07, 6.45) is 0. The fraction of sp³-hybridized carbons (Fsp3) is 0.429. The third-order valence-corrected chi connectivity index (χ3v) is 3.23. The van der Waals surface area contributed by atoms with E-state index in [9.17, 15) is 9.59 Å². The third kappa shape index (κ3) is 3.12. The minimum absolute atomic E-state index is 0.0255. The van der Waals surface area contributed by atoms with E-state index >= 15 is 0 Å². The molecule has 0 unspecified atom stereocenters. The zero-order valence-corrected chi connectivity index (χ0v) is 11.3. The van der Waals surface area contributed by atoms with Gasteiger partial charge in [0.2, 0.25) is 11.8 Å². The van der Waals surface area contributed by atoms with Crippen LogP contribution in [-0.4, -0.2) is 47.9 Å². The Hall–Kier alpha value is -1.88. The van der Waals surface area contributed by atoms with Crippen LogP contribution in [0, 0.1) is 6.07 Å². The van der Waals surface area contributed by atoms with Crippen LogP contribution in [0.2, 0.25) is 0 Å². The summed E-state index contributed by atoms with van der Waals surface area (Å²) < 4.78 is 0. The average molecular weight is 260 g/mol. The van der Waals surface area contributed by atoms with Gasteiger partial charge >= 0.3 is 0 Å². The van der Waals surface area contributed by atoms with E-state index in [0.29, 0.717) is 26.2 Å². The number of nitrogens with zero attached hydrogens (tertiary/aromatic N) is 3. The van der Waals surface area contributed by atoms with Crippen molar-refractivity contribution < 1.29 is 9.59 Å². The Balaban J connectivity index is 2.10. The summed E-state index contributed by atoms with van der Waals surface area (Å²) in [4.78, 5) is 25.0. The standard InChI is InChI=1S/C14H18N3O2/c1-12(18)15-8-10-16(11-9-15)17(13(2)19)14-6-4-3-5-7-14/h4-7H,8-11H2,1-2H3. The van der Waals surface area contributed by atoms with E-state index in [0.717, 1.165) is 5.69 Å². The van der Waals surface area contributed by atoms with Crippen LogP contribution in [0.25, 0.3) is 0 Å². The van der Waals surface area contributed by atoms with Crippen molar-refractivity contribution in [2.75, 3.05) is 31.2 Å². The van der Waals surface area contributed by atoms with Gasteiger partial charge in [-0.05, 0) is 18.2 Å². The van der Waals surface area contributed by atoms with Crippen molar-refractivity contribution >= 4 is 17.5 Å². The number of benzene rings is 1. The fourth-order valence-corrected chi connectivity index (χ4v) is 2.27. The van der Waals surface area contributed by atoms with E-state index in [2.05, 4.69) is 6.07 Å². The van der Waals surface area contributed by atoms with Gasteiger partial charge in [-0.3, -0.25) is 9.59 Å². The molecule has 1 aromatic carbocycles. The van der Waals surface area contributed by atoms with E-state index in [1.807, 2.05) is 17.1 Å². The maximum absolute atomic E-state index is 11.9. The Morgan fingerprint density at radius 2 is 1.68 bits per heavy atom. The molecule has 0 spiro atoms. The molecule has 1 aliphatic heterocycles. The molecular formula is C14H18N3O2. The number of piperazine rings is 1. The molecule has 1 heterocycles. The zero-order chi connectivity index (χ0) is 13.8. The van der Waals surface area contributed by atoms with E-state index in [-0.39, 0.29) is 11.8 Å². The maximum atomic E-state index is 11.9. The van der Waals surface area contributed by atoms with E-state index in [4.69, 9.17) is 0 Å². The van der Waals surface area contributed by atoms with Crippen molar-refractivity contribution in [2.24, 2.45) is 0 Å². The quantitative estimate of drug-likeness (QED) is 0.794. The fourth-order valence-electron chi connectivity index (χ4n) is 2.27. The lowest BCUT2D eigenvalue weighted by Crippen LogP contribution is -2.56. The molecule has 1 radical (unpaired) electrons. The summed E-state index contributed by atoms with van der Waals surface area (Å²) in [5.74, 6) is 0.0609. The van der Waals surface area contributed by atoms with Crippen LogP contribution in [0.4, 0.5) is 5.69 Å². The molecule has 5 heteroatoms. The first-order chi connectivity index (χ1) is 9.09. The van der Waals surface area contributed by atoms with Gasteiger partial charge < -0.3 is 4.90 Å². The Kier molecular flexibility index (Phi) is 4.16. The SMILES string of the molecule is CC(=O)N1CCN(N(C(C)=O)c2cc[c]cc2)CC1. The minimum Gasteiger partial charge on any atom is -0.340 e. The molecule has 1 aromatic rings. The number of carbonyl (C=O) groups excluding carboxylic acids is 2. The second kappa shape index (κ2) is 5.84. The Bertz CT molecular complexity index is 453. The van der Waals surface area contributed by atoms with Crippen LogP contribution in [0.1, 0.15) is 13.8 Å². The summed E-state index contributed by atoms with van der Waals surface area (Å²) in [5.41, 5.74) is 0.836. The zero-order valence-electron chi connectivity index (χ0n) is 11.3. The highest BCUT2D eigenvalue weighted by Gasteiger charge is 2.25. The molecule has 19 heavy (non-hydrogen) atoms. The highest BCUT2D eigenvalue weighted by atomic mass is 16.2. The lowest BCUT2D eigenvalue weighted by atomic mass is 10.3. The summed E-state index contributed by atoms with van der Waals surface area (Å²) in [5, 5.41) is 3.66. The molecule has 5 nitrogen and oxygen atoms in total. The normalized spacial score (nSPS) is 16.2. The smallest absolute Gasteiger partial charge is 0.238 e. The summed E-state index contributed by atoms with van der Waals surface area (Å²) in [6, 6.07) is 10.2. The van der Waals surface area contributed by atoms with Gasteiger partial charge in [-0.2, -0.15) is 0 Å². The average Bonchev–Trinajstić information content (AvgIpc) is 2.40. The van der Waals surface area contributed by atoms with Crippen molar-refractivity contribution in [1.82, 2.24) is 9.91 Å². The van der Waals surface area contributed by atoms with Crippen molar-refractivity contribution in [3.63, 3.8) is 0 Å². The number of hydrogen-bond donors (Lipinski definition) is 0. The number of amides is 2. The van der Waals surface area contributed by atoms with Crippen LogP contribution in [0.5, 0.6) is 0 Å². The van der Waals surface area contributed by atoms with Crippen molar-refractivity contribution in [3.05, 3.63) is 30.3 Å². The molecule has 0 bridgehead atoms. The van der Waals surface area contributed by atoms with Crippen LogP contribution in [0.3, 0.4) is 0 Å². The number of anilines is 1. The largest absolute Gasteiger partial charge is 0.340 e. The van der Waals surface area contributed by atoms with Crippen molar-refractivity contribution in [1.29, 1.82) is 0 Å². The van der Waals surface area contributed by atoms with Gasteiger partial charge in [0.15, 0.2) is 0 Å². The van der Waals surface area contributed by atoms with Crippen LogP contribution in [-0.2, 0) is 9.59 Å². The first-order valence-corrected chi connectivity index (χ1v) is 6.37. The molecule has 1 fully saturated rings. The first-order valence-electron chi connectivity index (χ1n) is 6.37. The van der Waals surface area contributed by atoms with Gasteiger partial charge in [-0.25, -0.2) is 10.0 Å². The molecule has 0 saturated carbocycles. The van der Waals surface area contributed by atoms with Gasteiger partial charge in [0.05, 0.1) is 5.69 Å². The number of rotatable bonds is 2. The molecule has 101 valence electrons. The minimum atomic E-state index is -0.0255. The molecule has 0 aromatic heterocycles. The maximum Gasteiger partial charge on any atom is 0.238 e. The molecule has 1 saturated heterocycles. The second-order valence-corrected chi connectivity index (χ2v) is 4.55. The Morgan fingerprint density at radius 3 is 2.16 bits per heavy atom. The molecule has 0 aliphatic carbocycles. The van der Waals surface area contributed by atoms with Gasteiger partial charge in [0.1, 0.15) is 0 Å². The summed E-state index contributed by atoms with van der Waals surface area (Å²) in [7, 11) is 0. The highest BCUT2D eigenvalue weighted by molar-refractivity contribution is 5.90. The van der Waals surface area contributed by atoms with Crippen LogP contribution in [0.15, 0.2) is 24.3 Å². The topological polar surface area (TPSA) is 43.9 Å². The molecule has 2 amide bonds. The van der Waals surface area contributed by atoms with Gasteiger partial charge in [-0.15, -0.1) is 0 Å². The Labute approximate surface area is 113 Å². The van der Waals surface area contributed by atoms with E-state index in [1.165, 1.54) is 0 Å². The molecule has 0 N–H and O–H groups in total. The van der Waals surface area contributed by atoms with Crippen LogP contribution < -0.4 is 5.01 Å². The Morgan fingerprint density at radius 1 is 1.11 bits per heavy atom. The lowest BCUT2D eigenvalue weighted by molar-refractivity contribution is -0.131. The lowest BCUT2D eigenvalue weighted by Gasteiger charge is -2.40. The molecule has 2 rings (SSSR count). The first kappa shape index (κ1) is 13.5. The van der Waals surface area contributed by atoms with Gasteiger partial charge in [0, 0.05) is 40.0 Å². The molecular weight excluding hydrogens is 242 g/mol. The predicted molar refractivity (Wildman–Crippen MR) is 72.3 cm³/mol. The van der Waals surface area contributed by atoms with Crippen LogP contribution >= 0.6 is 0 Å². The summed E-state index contributed by atoms with van der Waals surface area (Å²) >= 11 is 0. The second-order valence-electron chi connectivity index (χ2n) is 4.55.